The first-order valence-electron chi connectivity index (χ1n) is 12.9. The highest BCUT2D eigenvalue weighted by molar-refractivity contribution is 6.46. The van der Waals surface area contributed by atoms with Gasteiger partial charge in [-0.05, 0) is 37.5 Å². The predicted octanol–water partition coefficient (Wildman–Crippen LogP) is 4.32. The topological polar surface area (TPSA) is 79.3 Å². The molecule has 0 radical (unpaired) electrons. The summed E-state index contributed by atoms with van der Waals surface area (Å²) in [7, 11) is 0. The van der Waals surface area contributed by atoms with Gasteiger partial charge in [-0.15, -0.1) is 0 Å². The Labute approximate surface area is 213 Å². The van der Waals surface area contributed by atoms with Gasteiger partial charge in [0.2, 0.25) is 0 Å². The van der Waals surface area contributed by atoms with Crippen LogP contribution in [0.25, 0.3) is 5.76 Å². The molecule has 2 aromatic rings. The third kappa shape index (κ3) is 5.97. The standard InChI is InChI=1S/C29H36N2O5/c1-3-4-17-36-24-8-5-7-23(20-24)26-25(27(32)22-11-9-21(2)10-12-22)28(33)29(34)31(26)14-6-13-30-15-18-35-19-16-30/h5,7-12,20,26,32H,3-4,6,13-19H2,1-2H3/t26-/m0/s1. The molecule has 1 atom stereocenters. The largest absolute Gasteiger partial charge is 0.507 e. The van der Waals surface area contributed by atoms with E-state index in [0.717, 1.165) is 50.0 Å². The second kappa shape index (κ2) is 12.2. The third-order valence-corrected chi connectivity index (χ3v) is 6.78. The van der Waals surface area contributed by atoms with Crippen molar-refractivity contribution < 1.29 is 24.2 Å². The lowest BCUT2D eigenvalue weighted by molar-refractivity contribution is -0.140. The highest BCUT2D eigenvalue weighted by Gasteiger charge is 2.46. The van der Waals surface area contributed by atoms with Gasteiger partial charge < -0.3 is 19.5 Å². The number of unbranched alkanes of at least 4 members (excludes halogenated alkanes) is 1. The van der Waals surface area contributed by atoms with E-state index in [4.69, 9.17) is 9.47 Å². The average Bonchev–Trinajstić information content (AvgIpc) is 3.15. The van der Waals surface area contributed by atoms with Crippen molar-refractivity contribution in [3.05, 3.63) is 70.8 Å². The smallest absolute Gasteiger partial charge is 0.295 e. The van der Waals surface area contributed by atoms with Crippen molar-refractivity contribution in [1.82, 2.24) is 9.80 Å². The van der Waals surface area contributed by atoms with Crippen LogP contribution in [0.5, 0.6) is 5.75 Å². The first-order valence-corrected chi connectivity index (χ1v) is 12.9. The molecule has 2 aromatic carbocycles. The number of amides is 1. The number of Topliss-reactive ketones (excluding diaryl/α,β-unsaturated/α-hetero) is 1. The van der Waals surface area contributed by atoms with Gasteiger partial charge in [0.15, 0.2) is 0 Å². The molecule has 7 heteroatoms. The van der Waals surface area contributed by atoms with Crippen LogP contribution in [0.15, 0.2) is 54.1 Å². The molecule has 1 amide bonds. The molecule has 2 heterocycles. The number of ketones is 1. The van der Waals surface area contributed by atoms with Crippen LogP contribution >= 0.6 is 0 Å². The van der Waals surface area contributed by atoms with E-state index < -0.39 is 17.7 Å². The molecule has 0 spiro atoms. The van der Waals surface area contributed by atoms with Gasteiger partial charge in [-0.2, -0.15) is 0 Å². The molecule has 2 aliphatic rings. The molecule has 7 nitrogen and oxygen atoms in total. The molecule has 0 aromatic heterocycles. The zero-order chi connectivity index (χ0) is 25.5. The van der Waals surface area contributed by atoms with Gasteiger partial charge in [-0.25, -0.2) is 0 Å². The van der Waals surface area contributed by atoms with Gasteiger partial charge in [0.25, 0.3) is 11.7 Å². The van der Waals surface area contributed by atoms with E-state index in [1.165, 1.54) is 0 Å². The van der Waals surface area contributed by atoms with Crippen LogP contribution in [0, 0.1) is 6.92 Å². The van der Waals surface area contributed by atoms with Gasteiger partial charge in [-0.1, -0.05) is 55.3 Å². The first-order chi connectivity index (χ1) is 17.5. The molecular formula is C29H36N2O5. The Morgan fingerprint density at radius 2 is 1.81 bits per heavy atom. The maximum atomic E-state index is 13.3. The number of aliphatic hydroxyl groups is 1. The molecule has 4 rings (SSSR count). The minimum absolute atomic E-state index is 0.126. The maximum absolute atomic E-state index is 13.3. The highest BCUT2D eigenvalue weighted by Crippen LogP contribution is 2.40. The van der Waals surface area contributed by atoms with Crippen molar-refractivity contribution in [3.8, 4) is 5.75 Å². The summed E-state index contributed by atoms with van der Waals surface area (Å²) < 4.78 is 11.3. The Morgan fingerprint density at radius 3 is 2.53 bits per heavy atom. The van der Waals surface area contributed by atoms with Gasteiger partial charge in [-0.3, -0.25) is 14.5 Å². The number of nitrogens with zero attached hydrogens (tertiary/aromatic N) is 2. The Hall–Kier alpha value is -3.16. The quantitative estimate of drug-likeness (QED) is 0.230. The van der Waals surface area contributed by atoms with Gasteiger partial charge >= 0.3 is 0 Å². The third-order valence-electron chi connectivity index (χ3n) is 6.78. The van der Waals surface area contributed by atoms with Crippen molar-refractivity contribution >= 4 is 17.4 Å². The SMILES string of the molecule is CCCCOc1cccc([C@H]2C(=C(O)c3ccc(C)cc3)C(=O)C(=O)N2CCCN2CCOCC2)c1. The second-order valence-electron chi connectivity index (χ2n) is 9.44. The fourth-order valence-corrected chi connectivity index (χ4v) is 4.72. The molecule has 0 unspecified atom stereocenters. The van der Waals surface area contributed by atoms with E-state index in [1.807, 2.05) is 43.3 Å². The van der Waals surface area contributed by atoms with E-state index in [2.05, 4.69) is 11.8 Å². The Bertz CT molecular complexity index is 1090. The minimum atomic E-state index is -0.675. The fraction of sp³-hybridized carbons (Fsp3) is 0.448. The average molecular weight is 493 g/mol. The lowest BCUT2D eigenvalue weighted by Gasteiger charge is -2.29. The molecule has 2 saturated heterocycles. The van der Waals surface area contributed by atoms with Crippen molar-refractivity contribution in [2.24, 2.45) is 0 Å². The number of aliphatic hydroxyl groups excluding tert-OH is 1. The zero-order valence-electron chi connectivity index (χ0n) is 21.2. The summed E-state index contributed by atoms with van der Waals surface area (Å²) >= 11 is 0. The number of hydrogen-bond donors (Lipinski definition) is 1. The van der Waals surface area contributed by atoms with Crippen molar-refractivity contribution in [1.29, 1.82) is 0 Å². The first kappa shape index (κ1) is 25.9. The summed E-state index contributed by atoms with van der Waals surface area (Å²) in [5, 5.41) is 11.2. The summed E-state index contributed by atoms with van der Waals surface area (Å²) in [6.45, 7) is 9.06. The van der Waals surface area contributed by atoms with Crippen molar-refractivity contribution in [3.63, 3.8) is 0 Å². The number of benzene rings is 2. The van der Waals surface area contributed by atoms with E-state index in [-0.39, 0.29) is 11.3 Å². The molecule has 0 aliphatic carbocycles. The number of likely N-dealkylation sites (tertiary alicyclic amines) is 1. The molecule has 0 bridgehead atoms. The maximum Gasteiger partial charge on any atom is 0.295 e. The summed E-state index contributed by atoms with van der Waals surface area (Å²) in [6, 6.07) is 14.2. The van der Waals surface area contributed by atoms with Crippen LogP contribution < -0.4 is 4.74 Å². The molecule has 192 valence electrons. The lowest BCUT2D eigenvalue weighted by Crippen LogP contribution is -2.38. The number of morpholine rings is 1. The van der Waals surface area contributed by atoms with Crippen LogP contribution in [0.4, 0.5) is 0 Å². The highest BCUT2D eigenvalue weighted by atomic mass is 16.5. The van der Waals surface area contributed by atoms with Gasteiger partial charge in [0.1, 0.15) is 11.5 Å². The molecule has 0 saturated carbocycles. The Balaban J connectivity index is 1.66. The molecule has 2 aliphatic heterocycles. The summed E-state index contributed by atoms with van der Waals surface area (Å²) in [6.07, 6.45) is 2.69. The lowest BCUT2D eigenvalue weighted by atomic mass is 9.95. The van der Waals surface area contributed by atoms with Crippen LogP contribution in [0.3, 0.4) is 0 Å². The molecule has 2 fully saturated rings. The normalized spacial score (nSPS) is 20.2. The van der Waals surface area contributed by atoms with E-state index >= 15 is 0 Å². The number of carbonyl (C=O) groups is 2. The minimum Gasteiger partial charge on any atom is -0.507 e. The van der Waals surface area contributed by atoms with Crippen LogP contribution in [0.1, 0.15) is 48.9 Å². The predicted molar refractivity (Wildman–Crippen MR) is 139 cm³/mol. The fourth-order valence-electron chi connectivity index (χ4n) is 4.72. The number of aryl methyl sites for hydroxylation is 1. The van der Waals surface area contributed by atoms with Crippen LogP contribution in [-0.4, -0.2) is 72.6 Å². The summed E-state index contributed by atoms with van der Waals surface area (Å²) in [4.78, 5) is 30.4. The van der Waals surface area contributed by atoms with Crippen LogP contribution in [-0.2, 0) is 14.3 Å². The number of rotatable bonds is 10. The van der Waals surface area contributed by atoms with Crippen molar-refractivity contribution in [2.45, 2.75) is 39.2 Å². The summed E-state index contributed by atoms with van der Waals surface area (Å²) in [5.41, 5.74) is 2.44. The summed E-state index contributed by atoms with van der Waals surface area (Å²) in [5.74, 6) is -0.684. The molecule has 1 N–H and O–H groups in total. The second-order valence-corrected chi connectivity index (χ2v) is 9.44. The number of ether oxygens (including phenoxy) is 2. The van der Waals surface area contributed by atoms with Gasteiger partial charge in [0.05, 0.1) is 31.4 Å². The van der Waals surface area contributed by atoms with E-state index in [1.54, 1.807) is 17.0 Å². The Kier molecular flexibility index (Phi) is 8.78. The Morgan fingerprint density at radius 1 is 1.06 bits per heavy atom. The number of hydrogen-bond acceptors (Lipinski definition) is 6. The van der Waals surface area contributed by atoms with E-state index in [9.17, 15) is 14.7 Å². The zero-order valence-corrected chi connectivity index (χ0v) is 21.2. The van der Waals surface area contributed by atoms with Crippen LogP contribution in [0.2, 0.25) is 0 Å². The molecule has 36 heavy (non-hydrogen) atoms. The number of carbonyl (C=O) groups excluding carboxylic acids is 2. The molecular weight excluding hydrogens is 456 g/mol. The van der Waals surface area contributed by atoms with E-state index in [0.29, 0.717) is 37.7 Å². The van der Waals surface area contributed by atoms with Crippen molar-refractivity contribution in [2.75, 3.05) is 46.0 Å². The monoisotopic (exact) mass is 492 g/mol. The van der Waals surface area contributed by atoms with Gasteiger partial charge in [0, 0.05) is 31.7 Å².